The molecular weight excluding hydrogens is 433 g/mol. The minimum Gasteiger partial charge on any atom is -0.379 e. The highest BCUT2D eigenvalue weighted by molar-refractivity contribution is 7.91. The number of ether oxygens (including phenoxy) is 1. The van der Waals surface area contributed by atoms with Gasteiger partial charge in [0.2, 0.25) is 0 Å². The van der Waals surface area contributed by atoms with Crippen LogP contribution >= 0.6 is 0 Å². The van der Waals surface area contributed by atoms with Gasteiger partial charge in [0.1, 0.15) is 5.82 Å². The third-order valence-corrected chi connectivity index (χ3v) is 8.94. The van der Waals surface area contributed by atoms with Crippen LogP contribution in [-0.4, -0.2) is 43.9 Å². The first-order chi connectivity index (χ1) is 15.1. The summed E-state index contributed by atoms with van der Waals surface area (Å²) in [4.78, 5) is 12.5. The summed E-state index contributed by atoms with van der Waals surface area (Å²) in [5.74, 6) is -1.46. The number of carbonyl (C=O) groups excluding carboxylic acids is 1. The fourth-order valence-corrected chi connectivity index (χ4v) is 7.93. The number of sulfone groups is 1. The summed E-state index contributed by atoms with van der Waals surface area (Å²) in [5.41, 5.74) is 8.22. The molecule has 1 atom stereocenters. The lowest BCUT2D eigenvalue weighted by atomic mass is 9.89. The number of fused-ring (bicyclic) bond motifs is 3. The topological polar surface area (TPSA) is 103 Å². The van der Waals surface area contributed by atoms with Gasteiger partial charge in [-0.3, -0.25) is 4.79 Å². The van der Waals surface area contributed by atoms with Crippen LogP contribution in [0.25, 0.3) is 5.69 Å². The number of halogens is 1. The summed E-state index contributed by atoms with van der Waals surface area (Å²) < 4.78 is 49.0. The van der Waals surface area contributed by atoms with Crippen molar-refractivity contribution in [3.05, 3.63) is 40.5 Å². The van der Waals surface area contributed by atoms with Crippen LogP contribution in [0.5, 0.6) is 0 Å². The average Bonchev–Trinajstić information content (AvgIpc) is 3.36. The maximum absolute atomic E-state index is 15.2. The average molecular weight is 462 g/mol. The molecule has 1 fully saturated rings. The van der Waals surface area contributed by atoms with Gasteiger partial charge in [-0.25, -0.2) is 12.8 Å². The zero-order valence-corrected chi connectivity index (χ0v) is 19.1. The van der Waals surface area contributed by atoms with E-state index in [1.807, 2.05) is 18.4 Å². The lowest BCUT2D eigenvalue weighted by Gasteiger charge is -2.31. The van der Waals surface area contributed by atoms with Gasteiger partial charge < -0.3 is 20.4 Å². The van der Waals surface area contributed by atoms with Gasteiger partial charge in [-0.15, -0.1) is 0 Å². The quantitative estimate of drug-likeness (QED) is 0.729. The van der Waals surface area contributed by atoms with E-state index in [1.165, 1.54) is 6.07 Å². The predicted molar refractivity (Wildman–Crippen MR) is 119 cm³/mol. The molecule has 0 spiro atoms. The summed E-state index contributed by atoms with van der Waals surface area (Å²) >= 11 is 0. The van der Waals surface area contributed by atoms with Gasteiger partial charge in [0.15, 0.2) is 9.84 Å². The Morgan fingerprint density at radius 3 is 2.75 bits per heavy atom. The number of aromatic nitrogens is 1. The van der Waals surface area contributed by atoms with Gasteiger partial charge in [-0.1, -0.05) is 13.8 Å². The van der Waals surface area contributed by atoms with E-state index in [-0.39, 0.29) is 17.4 Å². The number of nitrogens with one attached hydrogen (secondary N) is 1. The van der Waals surface area contributed by atoms with Crippen LogP contribution in [0.2, 0.25) is 0 Å². The molecule has 32 heavy (non-hydrogen) atoms. The number of benzene rings is 1. The Hall–Kier alpha value is -2.39. The van der Waals surface area contributed by atoms with Crippen LogP contribution in [0.15, 0.2) is 17.0 Å². The van der Waals surface area contributed by atoms with Gasteiger partial charge in [-0.05, 0) is 55.2 Å². The molecule has 0 radical (unpaired) electrons. The van der Waals surface area contributed by atoms with Crippen molar-refractivity contribution in [2.75, 3.05) is 24.3 Å². The summed E-state index contributed by atoms with van der Waals surface area (Å²) in [6.07, 6.45) is 3.62. The highest BCUT2D eigenvalue weighted by Crippen LogP contribution is 2.44. The summed E-state index contributed by atoms with van der Waals surface area (Å²) in [6, 6.07) is 2.96. The van der Waals surface area contributed by atoms with Crippen molar-refractivity contribution < 1.29 is 22.3 Å². The number of nitrogens with two attached hydrogens (primary N) is 1. The minimum atomic E-state index is -3.44. The zero-order valence-electron chi connectivity index (χ0n) is 18.3. The number of rotatable bonds is 4. The molecule has 5 rings (SSSR count). The fourth-order valence-electron chi connectivity index (χ4n) is 5.54. The van der Waals surface area contributed by atoms with Gasteiger partial charge >= 0.3 is 0 Å². The predicted octanol–water partition coefficient (Wildman–Crippen LogP) is 2.76. The molecule has 3 aliphatic rings. The highest BCUT2D eigenvalue weighted by Gasteiger charge is 2.42. The van der Waals surface area contributed by atoms with Gasteiger partial charge in [0, 0.05) is 18.0 Å². The van der Waals surface area contributed by atoms with E-state index in [1.54, 1.807) is 6.07 Å². The van der Waals surface area contributed by atoms with E-state index in [9.17, 15) is 13.2 Å². The lowest BCUT2D eigenvalue weighted by molar-refractivity contribution is 0.0997. The van der Waals surface area contributed by atoms with Crippen LogP contribution < -0.4 is 11.1 Å². The Balaban J connectivity index is 1.73. The first-order valence-corrected chi connectivity index (χ1v) is 12.7. The van der Waals surface area contributed by atoms with Crippen molar-refractivity contribution in [3.8, 4) is 5.69 Å². The maximum Gasteiger partial charge on any atom is 0.253 e. The summed E-state index contributed by atoms with van der Waals surface area (Å²) in [7, 11) is -3.44. The van der Waals surface area contributed by atoms with Crippen LogP contribution in [0.4, 0.5) is 10.1 Å². The molecule has 3 N–H and O–H groups in total. The third-order valence-electron chi connectivity index (χ3n) is 6.67. The summed E-state index contributed by atoms with van der Waals surface area (Å²) in [5, 5.41) is 3.22. The van der Waals surface area contributed by atoms with Crippen molar-refractivity contribution in [2.45, 2.75) is 56.9 Å². The van der Waals surface area contributed by atoms with E-state index in [4.69, 9.17) is 10.5 Å². The van der Waals surface area contributed by atoms with E-state index >= 15 is 4.39 Å². The molecule has 1 amide bonds. The number of amides is 1. The van der Waals surface area contributed by atoms with E-state index in [0.29, 0.717) is 48.0 Å². The smallest absolute Gasteiger partial charge is 0.253 e. The number of nitrogens with zero attached hydrogens (tertiary/aromatic N) is 1. The Labute approximate surface area is 187 Å². The normalized spacial score (nSPS) is 23.0. The molecular formula is C23H28FN3O4S. The number of primary amides is 1. The second-order valence-corrected chi connectivity index (χ2v) is 11.8. The SMILES string of the molecule is CC1(C)Cc2c(c3c(n2-c2cc(F)c(C(N)=O)c(N[C@H]4CCOC4)c2)CCC3)S(=O)(=O)C1. The Morgan fingerprint density at radius 1 is 1.28 bits per heavy atom. The number of hydrogen-bond acceptors (Lipinski definition) is 5. The van der Waals surface area contributed by atoms with Crippen LogP contribution in [0.3, 0.4) is 0 Å². The number of carbonyl (C=O) groups is 1. The largest absolute Gasteiger partial charge is 0.379 e. The Bertz CT molecular complexity index is 1230. The van der Waals surface area contributed by atoms with Crippen molar-refractivity contribution in [1.29, 1.82) is 0 Å². The summed E-state index contributed by atoms with van der Waals surface area (Å²) in [6.45, 7) is 4.95. The van der Waals surface area contributed by atoms with E-state index < -0.39 is 27.0 Å². The van der Waals surface area contributed by atoms with Crippen molar-refractivity contribution in [3.63, 3.8) is 0 Å². The first kappa shape index (κ1) is 21.5. The first-order valence-electron chi connectivity index (χ1n) is 11.0. The molecule has 1 saturated heterocycles. The molecule has 172 valence electrons. The van der Waals surface area contributed by atoms with Crippen molar-refractivity contribution in [2.24, 2.45) is 11.1 Å². The second-order valence-electron chi connectivity index (χ2n) is 9.91. The van der Waals surface area contributed by atoms with Gasteiger partial charge in [0.05, 0.1) is 40.2 Å². The second kappa shape index (κ2) is 7.31. The molecule has 2 aliphatic heterocycles. The van der Waals surface area contributed by atoms with E-state index in [0.717, 1.165) is 30.5 Å². The molecule has 3 heterocycles. The fraction of sp³-hybridized carbons (Fsp3) is 0.522. The van der Waals surface area contributed by atoms with Crippen LogP contribution in [0, 0.1) is 11.2 Å². The van der Waals surface area contributed by atoms with Crippen molar-refractivity contribution >= 4 is 21.4 Å². The number of hydrogen-bond donors (Lipinski definition) is 2. The molecule has 1 aromatic carbocycles. The van der Waals surface area contributed by atoms with Crippen LogP contribution in [-0.2, 0) is 33.8 Å². The monoisotopic (exact) mass is 461 g/mol. The zero-order chi connectivity index (χ0) is 22.8. The molecule has 1 aliphatic carbocycles. The third kappa shape index (κ3) is 3.42. The lowest BCUT2D eigenvalue weighted by Crippen LogP contribution is -2.33. The van der Waals surface area contributed by atoms with E-state index in [2.05, 4.69) is 5.32 Å². The van der Waals surface area contributed by atoms with Gasteiger partial charge in [-0.2, -0.15) is 0 Å². The molecule has 1 aromatic heterocycles. The standard InChI is InChI=1S/C23H28FN3O4S/c1-23(2)10-19-21(32(29,30)12-23)15-4-3-5-18(15)27(19)14-8-16(24)20(22(25)28)17(9-14)26-13-6-7-31-11-13/h8-9,13,26H,3-7,10-12H2,1-2H3,(H2,25,28)/t13-/m0/s1. The highest BCUT2D eigenvalue weighted by atomic mass is 32.2. The molecule has 9 heteroatoms. The molecule has 0 unspecified atom stereocenters. The molecule has 2 aromatic rings. The molecule has 7 nitrogen and oxygen atoms in total. The van der Waals surface area contributed by atoms with Crippen molar-refractivity contribution in [1.82, 2.24) is 4.57 Å². The Kier molecular flexibility index (Phi) is 4.90. The molecule has 0 saturated carbocycles. The number of anilines is 1. The van der Waals surface area contributed by atoms with Crippen LogP contribution in [0.1, 0.15) is 54.0 Å². The Morgan fingerprint density at radius 2 is 2.06 bits per heavy atom. The minimum absolute atomic E-state index is 0.0497. The molecule has 0 bridgehead atoms. The maximum atomic E-state index is 15.2. The van der Waals surface area contributed by atoms with Gasteiger partial charge in [0.25, 0.3) is 5.91 Å².